The summed E-state index contributed by atoms with van der Waals surface area (Å²) in [6, 6.07) is 0.433. The molecule has 3 nitrogen and oxygen atoms in total. The number of likely N-dealkylation sites (N-methyl/N-ethyl adjacent to an activating group) is 1. The van der Waals surface area contributed by atoms with E-state index in [0.717, 1.165) is 5.92 Å². The van der Waals surface area contributed by atoms with Crippen molar-refractivity contribution in [2.24, 2.45) is 11.8 Å². The molecule has 112 valence electrons. The fourth-order valence-corrected chi connectivity index (χ4v) is 4.27. The Morgan fingerprint density at radius 1 is 1.21 bits per heavy atom. The van der Waals surface area contributed by atoms with Gasteiger partial charge in [-0.2, -0.15) is 0 Å². The molecule has 0 aliphatic carbocycles. The minimum atomic E-state index is -0.0766. The summed E-state index contributed by atoms with van der Waals surface area (Å²) in [6.07, 6.45) is 2.69. The van der Waals surface area contributed by atoms with Crippen LogP contribution in [0.15, 0.2) is 0 Å². The van der Waals surface area contributed by atoms with Crippen molar-refractivity contribution < 1.29 is 4.74 Å². The molecular formula is C16H32N2O. The summed E-state index contributed by atoms with van der Waals surface area (Å²) in [5.74, 6) is 1.47. The highest BCUT2D eigenvalue weighted by Crippen LogP contribution is 2.42. The van der Waals surface area contributed by atoms with Gasteiger partial charge in [0.1, 0.15) is 0 Å². The molecular weight excluding hydrogens is 236 g/mol. The fourth-order valence-electron chi connectivity index (χ4n) is 4.27. The summed E-state index contributed by atoms with van der Waals surface area (Å²) in [7, 11) is 2.07. The first kappa shape index (κ1) is 15.3. The Labute approximate surface area is 119 Å². The quantitative estimate of drug-likeness (QED) is 0.848. The molecule has 2 aliphatic rings. The van der Waals surface area contributed by atoms with Gasteiger partial charge in [-0.1, -0.05) is 13.3 Å². The average molecular weight is 268 g/mol. The van der Waals surface area contributed by atoms with Crippen molar-refractivity contribution in [3.63, 3.8) is 0 Å². The molecule has 0 aromatic heterocycles. The van der Waals surface area contributed by atoms with Gasteiger partial charge in [0.25, 0.3) is 0 Å². The first-order chi connectivity index (χ1) is 8.80. The summed E-state index contributed by atoms with van der Waals surface area (Å²) in [6.45, 7) is 15.0. The van der Waals surface area contributed by atoms with E-state index in [0.29, 0.717) is 12.0 Å². The molecule has 1 N–H and O–H groups in total. The van der Waals surface area contributed by atoms with Gasteiger partial charge in [-0.05, 0) is 53.6 Å². The summed E-state index contributed by atoms with van der Waals surface area (Å²) >= 11 is 0. The molecule has 2 fully saturated rings. The van der Waals surface area contributed by atoms with E-state index in [1.165, 1.54) is 32.5 Å². The number of hydrogen-bond donors (Lipinski definition) is 1. The van der Waals surface area contributed by atoms with Gasteiger partial charge < -0.3 is 15.0 Å². The maximum absolute atomic E-state index is 6.33. The van der Waals surface area contributed by atoms with Gasteiger partial charge in [0.05, 0.1) is 11.2 Å². The zero-order valence-electron chi connectivity index (χ0n) is 13.6. The highest BCUT2D eigenvalue weighted by atomic mass is 16.5. The van der Waals surface area contributed by atoms with Crippen LogP contribution in [-0.4, -0.2) is 48.8 Å². The average Bonchev–Trinajstić information content (AvgIpc) is 2.80. The number of rotatable bonds is 4. The van der Waals surface area contributed by atoms with E-state index in [2.05, 4.69) is 51.9 Å². The van der Waals surface area contributed by atoms with Crippen LogP contribution in [-0.2, 0) is 4.74 Å². The molecule has 3 unspecified atom stereocenters. The highest BCUT2D eigenvalue weighted by Gasteiger charge is 2.53. The first-order valence-electron chi connectivity index (χ1n) is 7.90. The summed E-state index contributed by atoms with van der Waals surface area (Å²) < 4.78 is 6.33. The Kier molecular flexibility index (Phi) is 4.29. The maximum Gasteiger partial charge on any atom is 0.0790 e. The van der Waals surface area contributed by atoms with Gasteiger partial charge in [-0.25, -0.2) is 0 Å². The van der Waals surface area contributed by atoms with Crippen LogP contribution in [0, 0.1) is 11.8 Å². The van der Waals surface area contributed by atoms with Crippen molar-refractivity contribution in [3.8, 4) is 0 Å². The van der Waals surface area contributed by atoms with Crippen LogP contribution in [0.4, 0.5) is 0 Å². The molecule has 0 spiro atoms. The van der Waals surface area contributed by atoms with E-state index < -0.39 is 0 Å². The predicted octanol–water partition coefficient (Wildman–Crippen LogP) is 2.51. The summed E-state index contributed by atoms with van der Waals surface area (Å²) in [5.41, 5.74) is -0.117. The number of nitrogens with one attached hydrogen (secondary N) is 1. The molecule has 0 saturated carbocycles. The van der Waals surface area contributed by atoms with Crippen molar-refractivity contribution in [2.75, 3.05) is 26.7 Å². The van der Waals surface area contributed by atoms with Crippen LogP contribution >= 0.6 is 0 Å². The second-order valence-corrected chi connectivity index (χ2v) is 7.50. The lowest BCUT2D eigenvalue weighted by molar-refractivity contribution is -0.0791. The van der Waals surface area contributed by atoms with Gasteiger partial charge in [-0.15, -0.1) is 0 Å². The van der Waals surface area contributed by atoms with Crippen molar-refractivity contribution >= 4 is 0 Å². The van der Waals surface area contributed by atoms with Crippen LogP contribution in [0.25, 0.3) is 0 Å². The monoisotopic (exact) mass is 268 g/mol. The Morgan fingerprint density at radius 2 is 1.89 bits per heavy atom. The van der Waals surface area contributed by atoms with Crippen LogP contribution in [0.1, 0.15) is 47.5 Å². The molecule has 0 radical (unpaired) electrons. The molecule has 0 amide bonds. The Balaban J connectivity index is 2.05. The van der Waals surface area contributed by atoms with Gasteiger partial charge >= 0.3 is 0 Å². The molecule has 2 aliphatic heterocycles. The van der Waals surface area contributed by atoms with E-state index in [9.17, 15) is 0 Å². The SMILES string of the molecule is CCC1CCN(CC2C(NC)C(C)(C)OC2(C)C)C1. The molecule has 0 bridgehead atoms. The second-order valence-electron chi connectivity index (χ2n) is 7.50. The Bertz CT molecular complexity index is 314. The van der Waals surface area contributed by atoms with Crippen molar-refractivity contribution in [1.29, 1.82) is 0 Å². The topological polar surface area (TPSA) is 24.5 Å². The van der Waals surface area contributed by atoms with E-state index in [4.69, 9.17) is 4.74 Å². The number of hydrogen-bond acceptors (Lipinski definition) is 3. The molecule has 2 rings (SSSR count). The zero-order chi connectivity index (χ0) is 14.3. The van der Waals surface area contributed by atoms with Crippen LogP contribution < -0.4 is 5.32 Å². The predicted molar refractivity (Wildman–Crippen MR) is 80.4 cm³/mol. The molecule has 2 heterocycles. The molecule has 0 aromatic rings. The minimum absolute atomic E-state index is 0.0402. The second kappa shape index (κ2) is 5.34. The lowest BCUT2D eigenvalue weighted by atomic mass is 9.82. The molecule has 19 heavy (non-hydrogen) atoms. The number of likely N-dealkylation sites (tertiary alicyclic amines) is 1. The molecule has 3 atom stereocenters. The molecule has 0 aromatic carbocycles. The largest absolute Gasteiger partial charge is 0.368 e. The summed E-state index contributed by atoms with van der Waals surface area (Å²) in [5, 5.41) is 3.51. The lowest BCUT2D eigenvalue weighted by Crippen LogP contribution is -2.49. The van der Waals surface area contributed by atoms with Gasteiger partial charge in [0.2, 0.25) is 0 Å². The van der Waals surface area contributed by atoms with Crippen molar-refractivity contribution in [1.82, 2.24) is 10.2 Å². The fraction of sp³-hybridized carbons (Fsp3) is 1.00. The third-order valence-corrected chi connectivity index (χ3v) is 5.28. The van der Waals surface area contributed by atoms with Crippen molar-refractivity contribution in [3.05, 3.63) is 0 Å². The Hall–Kier alpha value is -0.120. The van der Waals surface area contributed by atoms with E-state index in [1.54, 1.807) is 0 Å². The molecule has 2 saturated heterocycles. The standard InChI is InChI=1S/C16H32N2O/c1-7-12-8-9-18(10-12)11-13-14(17-6)16(4,5)19-15(13,2)3/h12-14,17H,7-11H2,1-6H3. The number of nitrogens with zero attached hydrogens (tertiary/aromatic N) is 1. The zero-order valence-corrected chi connectivity index (χ0v) is 13.6. The number of ether oxygens (including phenoxy) is 1. The lowest BCUT2D eigenvalue weighted by Gasteiger charge is -2.32. The van der Waals surface area contributed by atoms with Gasteiger partial charge in [0, 0.05) is 25.0 Å². The van der Waals surface area contributed by atoms with E-state index in [-0.39, 0.29) is 11.2 Å². The van der Waals surface area contributed by atoms with Gasteiger partial charge in [0.15, 0.2) is 0 Å². The van der Waals surface area contributed by atoms with Crippen LogP contribution in [0.2, 0.25) is 0 Å². The van der Waals surface area contributed by atoms with Gasteiger partial charge in [-0.3, -0.25) is 0 Å². The third-order valence-electron chi connectivity index (χ3n) is 5.28. The minimum Gasteiger partial charge on any atom is -0.368 e. The normalized spacial score (nSPS) is 37.9. The molecule has 3 heteroatoms. The Morgan fingerprint density at radius 3 is 2.42 bits per heavy atom. The summed E-state index contributed by atoms with van der Waals surface area (Å²) in [4.78, 5) is 2.65. The van der Waals surface area contributed by atoms with E-state index in [1.807, 2.05) is 0 Å². The first-order valence-corrected chi connectivity index (χ1v) is 7.90. The van der Waals surface area contributed by atoms with Crippen LogP contribution in [0.5, 0.6) is 0 Å². The smallest absolute Gasteiger partial charge is 0.0790 e. The van der Waals surface area contributed by atoms with Crippen LogP contribution in [0.3, 0.4) is 0 Å². The van der Waals surface area contributed by atoms with E-state index >= 15 is 0 Å². The maximum atomic E-state index is 6.33. The third kappa shape index (κ3) is 2.98. The highest BCUT2D eigenvalue weighted by molar-refractivity contribution is 5.06. The van der Waals surface area contributed by atoms with Crippen molar-refractivity contribution in [2.45, 2.75) is 64.7 Å².